The van der Waals surface area contributed by atoms with Gasteiger partial charge in [0.25, 0.3) is 0 Å². The zero-order valence-electron chi connectivity index (χ0n) is 12.1. The molecule has 0 unspecified atom stereocenters. The van der Waals surface area contributed by atoms with Crippen molar-refractivity contribution in [2.24, 2.45) is 0 Å². The SMILES string of the molecule is CN(C)CCCNS(=O)(=O)c1ccc(OCC(=O)O)cc1. The molecule has 7 nitrogen and oxygen atoms in total. The predicted octanol–water partition coefficient (Wildman–Crippen LogP) is 0.380. The molecule has 0 heterocycles. The number of rotatable bonds is 9. The highest BCUT2D eigenvalue weighted by molar-refractivity contribution is 7.89. The Labute approximate surface area is 124 Å². The predicted molar refractivity (Wildman–Crippen MR) is 77.9 cm³/mol. The number of nitrogens with zero attached hydrogens (tertiary/aromatic N) is 1. The van der Waals surface area contributed by atoms with Crippen molar-refractivity contribution in [3.8, 4) is 5.75 Å². The molecule has 0 aliphatic carbocycles. The fourth-order valence-corrected chi connectivity index (χ4v) is 2.62. The summed E-state index contributed by atoms with van der Waals surface area (Å²) in [5.41, 5.74) is 0. The largest absolute Gasteiger partial charge is 0.482 e. The first-order chi connectivity index (χ1) is 9.81. The van der Waals surface area contributed by atoms with E-state index in [0.717, 1.165) is 6.54 Å². The maximum absolute atomic E-state index is 12.0. The van der Waals surface area contributed by atoms with Crippen LogP contribution in [0.4, 0.5) is 0 Å². The van der Waals surface area contributed by atoms with Gasteiger partial charge in [0.15, 0.2) is 6.61 Å². The molecule has 21 heavy (non-hydrogen) atoms. The maximum Gasteiger partial charge on any atom is 0.341 e. The van der Waals surface area contributed by atoms with Crippen LogP contribution in [0.25, 0.3) is 0 Å². The topological polar surface area (TPSA) is 95.9 Å². The van der Waals surface area contributed by atoms with E-state index in [2.05, 4.69) is 4.72 Å². The van der Waals surface area contributed by atoms with E-state index < -0.39 is 22.6 Å². The molecule has 118 valence electrons. The Morgan fingerprint density at radius 3 is 2.43 bits per heavy atom. The van der Waals surface area contributed by atoms with Gasteiger partial charge in [0.2, 0.25) is 10.0 Å². The molecule has 0 aliphatic heterocycles. The Hall–Kier alpha value is -1.64. The Balaban J connectivity index is 2.56. The molecule has 0 bridgehead atoms. The first-order valence-electron chi connectivity index (χ1n) is 6.40. The Kier molecular flexibility index (Phi) is 6.60. The second kappa shape index (κ2) is 7.96. The Bertz CT molecular complexity index is 554. The number of hydrogen-bond acceptors (Lipinski definition) is 5. The van der Waals surface area contributed by atoms with Crippen LogP contribution in [0.5, 0.6) is 5.75 Å². The zero-order valence-corrected chi connectivity index (χ0v) is 12.9. The summed E-state index contributed by atoms with van der Waals surface area (Å²) in [5.74, 6) is -0.779. The van der Waals surface area contributed by atoms with E-state index >= 15 is 0 Å². The van der Waals surface area contributed by atoms with Crippen LogP contribution in [0.3, 0.4) is 0 Å². The third-order valence-corrected chi connectivity index (χ3v) is 4.05. The van der Waals surface area contributed by atoms with Gasteiger partial charge in [-0.3, -0.25) is 0 Å². The van der Waals surface area contributed by atoms with Gasteiger partial charge in [0.05, 0.1) is 4.90 Å². The second-order valence-electron chi connectivity index (χ2n) is 4.71. The third-order valence-electron chi connectivity index (χ3n) is 2.57. The monoisotopic (exact) mass is 316 g/mol. The molecular weight excluding hydrogens is 296 g/mol. The van der Waals surface area contributed by atoms with Gasteiger partial charge >= 0.3 is 5.97 Å². The number of nitrogens with one attached hydrogen (secondary N) is 1. The van der Waals surface area contributed by atoms with Crippen molar-refractivity contribution in [2.75, 3.05) is 33.8 Å². The van der Waals surface area contributed by atoms with E-state index in [4.69, 9.17) is 9.84 Å². The van der Waals surface area contributed by atoms with Crippen molar-refractivity contribution in [2.45, 2.75) is 11.3 Å². The van der Waals surface area contributed by atoms with Crippen LogP contribution in [-0.4, -0.2) is 58.2 Å². The number of carbonyl (C=O) groups is 1. The van der Waals surface area contributed by atoms with Gasteiger partial charge < -0.3 is 14.7 Å². The van der Waals surface area contributed by atoms with Gasteiger partial charge in [-0.15, -0.1) is 0 Å². The number of sulfonamides is 1. The van der Waals surface area contributed by atoms with E-state index in [0.29, 0.717) is 18.7 Å². The minimum absolute atomic E-state index is 0.120. The van der Waals surface area contributed by atoms with Crippen LogP contribution in [0.1, 0.15) is 6.42 Å². The van der Waals surface area contributed by atoms with Gasteiger partial charge in [-0.05, 0) is 51.3 Å². The van der Waals surface area contributed by atoms with Gasteiger partial charge in [-0.1, -0.05) is 0 Å². The molecule has 8 heteroatoms. The molecule has 0 aromatic heterocycles. The van der Waals surface area contributed by atoms with E-state index in [1.54, 1.807) is 0 Å². The lowest BCUT2D eigenvalue weighted by Crippen LogP contribution is -2.27. The zero-order chi connectivity index (χ0) is 15.9. The summed E-state index contributed by atoms with van der Waals surface area (Å²) in [6, 6.07) is 5.62. The van der Waals surface area contributed by atoms with E-state index in [1.807, 2.05) is 19.0 Å². The van der Waals surface area contributed by atoms with E-state index in [9.17, 15) is 13.2 Å². The smallest absolute Gasteiger partial charge is 0.341 e. The number of ether oxygens (including phenoxy) is 1. The van der Waals surface area contributed by atoms with Crippen LogP contribution >= 0.6 is 0 Å². The van der Waals surface area contributed by atoms with Gasteiger partial charge in [-0.2, -0.15) is 0 Å². The van der Waals surface area contributed by atoms with Gasteiger partial charge in [0, 0.05) is 6.54 Å². The second-order valence-corrected chi connectivity index (χ2v) is 6.48. The van der Waals surface area contributed by atoms with E-state index in [-0.39, 0.29) is 4.90 Å². The Morgan fingerprint density at radius 1 is 1.29 bits per heavy atom. The standard InChI is InChI=1S/C13H20N2O5S/c1-15(2)9-3-8-14-21(18,19)12-6-4-11(5-7-12)20-10-13(16)17/h4-7,14H,3,8-10H2,1-2H3,(H,16,17). The minimum Gasteiger partial charge on any atom is -0.482 e. The normalized spacial score (nSPS) is 11.6. The van der Waals surface area contributed by atoms with Crippen LogP contribution in [0.15, 0.2) is 29.2 Å². The van der Waals surface area contributed by atoms with Crippen LogP contribution in [-0.2, 0) is 14.8 Å². The van der Waals surface area contributed by atoms with Gasteiger partial charge in [0.1, 0.15) is 5.75 Å². The summed E-state index contributed by atoms with van der Waals surface area (Å²) in [5, 5.41) is 8.48. The van der Waals surface area contributed by atoms with Gasteiger partial charge in [-0.25, -0.2) is 17.9 Å². The first kappa shape index (κ1) is 17.4. The molecule has 0 spiro atoms. The third kappa shape index (κ3) is 6.56. The molecule has 1 rings (SSSR count). The summed E-state index contributed by atoms with van der Waals surface area (Å²) in [6.45, 7) is 0.692. The average Bonchev–Trinajstić information content (AvgIpc) is 2.41. The number of aliphatic carboxylic acids is 1. The van der Waals surface area contributed by atoms with Crippen LogP contribution in [0.2, 0.25) is 0 Å². The molecule has 0 atom stereocenters. The van der Waals surface area contributed by atoms with Crippen molar-refractivity contribution < 1.29 is 23.1 Å². The maximum atomic E-state index is 12.0. The number of benzene rings is 1. The molecule has 2 N–H and O–H groups in total. The first-order valence-corrected chi connectivity index (χ1v) is 7.88. The number of carboxylic acid groups (broad SMARTS) is 1. The Morgan fingerprint density at radius 2 is 1.90 bits per heavy atom. The molecule has 1 aromatic carbocycles. The van der Waals surface area contributed by atoms with Crippen molar-refractivity contribution in [1.29, 1.82) is 0 Å². The van der Waals surface area contributed by atoms with Crippen LogP contribution < -0.4 is 9.46 Å². The highest BCUT2D eigenvalue weighted by atomic mass is 32.2. The summed E-state index contributed by atoms with van der Waals surface area (Å²) >= 11 is 0. The molecule has 0 saturated heterocycles. The lowest BCUT2D eigenvalue weighted by molar-refractivity contribution is -0.139. The number of carboxylic acids is 1. The fraction of sp³-hybridized carbons (Fsp3) is 0.462. The molecule has 0 radical (unpaired) electrons. The molecule has 0 amide bonds. The lowest BCUT2D eigenvalue weighted by Gasteiger charge is -2.10. The van der Waals surface area contributed by atoms with Crippen molar-refractivity contribution in [3.63, 3.8) is 0 Å². The van der Waals surface area contributed by atoms with Crippen molar-refractivity contribution >= 4 is 16.0 Å². The minimum atomic E-state index is -3.55. The molecule has 0 saturated carbocycles. The highest BCUT2D eigenvalue weighted by Gasteiger charge is 2.13. The average molecular weight is 316 g/mol. The van der Waals surface area contributed by atoms with Crippen molar-refractivity contribution in [1.82, 2.24) is 9.62 Å². The molecule has 0 aliphatic rings. The summed E-state index contributed by atoms with van der Waals surface area (Å²) in [6.07, 6.45) is 0.714. The highest BCUT2D eigenvalue weighted by Crippen LogP contribution is 2.15. The summed E-state index contributed by atoms with van der Waals surface area (Å²) in [4.78, 5) is 12.5. The van der Waals surface area contributed by atoms with E-state index in [1.165, 1.54) is 24.3 Å². The quantitative estimate of drug-likeness (QED) is 0.640. The summed E-state index contributed by atoms with van der Waals surface area (Å²) in [7, 11) is 0.295. The molecule has 0 fully saturated rings. The molecular formula is C13H20N2O5S. The molecule has 1 aromatic rings. The lowest BCUT2D eigenvalue weighted by atomic mass is 10.3. The number of hydrogen-bond donors (Lipinski definition) is 2. The van der Waals surface area contributed by atoms with Crippen molar-refractivity contribution in [3.05, 3.63) is 24.3 Å². The van der Waals surface area contributed by atoms with Crippen LogP contribution in [0, 0.1) is 0 Å². The fourth-order valence-electron chi connectivity index (χ4n) is 1.55. The summed E-state index contributed by atoms with van der Waals surface area (Å²) < 4.78 is 31.4.